The van der Waals surface area contributed by atoms with Gasteiger partial charge in [-0.15, -0.1) is 0 Å². The third-order valence-electron chi connectivity index (χ3n) is 14.2. The van der Waals surface area contributed by atoms with Crippen molar-refractivity contribution in [3.05, 3.63) is 0 Å². The number of ether oxygens (including phenoxy) is 3. The molecule has 0 radical (unpaired) electrons. The molecule has 0 aliphatic rings. The van der Waals surface area contributed by atoms with Crippen molar-refractivity contribution >= 4 is 17.9 Å². The second-order valence-corrected chi connectivity index (χ2v) is 22.3. The van der Waals surface area contributed by atoms with Crippen LogP contribution in [0.1, 0.15) is 349 Å². The Morgan fingerprint density at radius 1 is 0.279 bits per heavy atom. The Kier molecular flexibility index (Phi) is 53.5. The zero-order valence-corrected chi connectivity index (χ0v) is 46.7. The molecule has 404 valence electrons. The van der Waals surface area contributed by atoms with Gasteiger partial charge in [0.2, 0.25) is 0 Å². The molecule has 68 heavy (non-hydrogen) atoms. The molecule has 0 rings (SSSR count). The Hall–Kier alpha value is -1.59. The van der Waals surface area contributed by atoms with Gasteiger partial charge in [0, 0.05) is 19.3 Å². The maximum atomic E-state index is 12.9. The minimum atomic E-state index is -0.763. The molecule has 0 aromatic carbocycles. The fourth-order valence-corrected chi connectivity index (χ4v) is 9.58. The number of hydrogen-bond donors (Lipinski definition) is 0. The number of hydrogen-bond acceptors (Lipinski definition) is 6. The number of rotatable bonds is 56. The molecule has 0 unspecified atom stereocenters. The summed E-state index contributed by atoms with van der Waals surface area (Å²) in [6, 6.07) is 0. The fourth-order valence-electron chi connectivity index (χ4n) is 9.58. The molecule has 1 atom stereocenters. The van der Waals surface area contributed by atoms with Crippen LogP contribution in [0.25, 0.3) is 0 Å². The maximum absolute atomic E-state index is 12.9. The van der Waals surface area contributed by atoms with Gasteiger partial charge in [0.15, 0.2) is 6.10 Å². The lowest BCUT2D eigenvalue weighted by Crippen LogP contribution is -2.30. The van der Waals surface area contributed by atoms with Crippen molar-refractivity contribution in [3.63, 3.8) is 0 Å². The predicted molar refractivity (Wildman–Crippen MR) is 293 cm³/mol. The number of carbonyl (C=O) groups is 3. The van der Waals surface area contributed by atoms with Crippen LogP contribution < -0.4 is 0 Å². The van der Waals surface area contributed by atoms with Crippen molar-refractivity contribution in [2.24, 2.45) is 11.8 Å². The zero-order chi connectivity index (χ0) is 49.6. The van der Waals surface area contributed by atoms with Gasteiger partial charge in [-0.1, -0.05) is 311 Å². The summed E-state index contributed by atoms with van der Waals surface area (Å²) in [5.74, 6) is 0.843. The van der Waals surface area contributed by atoms with E-state index in [4.69, 9.17) is 14.2 Å². The van der Waals surface area contributed by atoms with E-state index in [9.17, 15) is 14.4 Å². The Bertz CT molecular complexity index is 1040. The van der Waals surface area contributed by atoms with Crippen LogP contribution in [0.3, 0.4) is 0 Å². The van der Waals surface area contributed by atoms with Crippen LogP contribution in [-0.2, 0) is 28.6 Å². The van der Waals surface area contributed by atoms with E-state index in [0.29, 0.717) is 19.3 Å². The van der Waals surface area contributed by atoms with Crippen LogP contribution in [-0.4, -0.2) is 37.2 Å². The molecule has 0 fully saturated rings. The van der Waals surface area contributed by atoms with Gasteiger partial charge in [-0.25, -0.2) is 0 Å². The molecule has 0 N–H and O–H groups in total. The zero-order valence-electron chi connectivity index (χ0n) is 46.7. The van der Waals surface area contributed by atoms with Gasteiger partial charge in [-0.3, -0.25) is 14.4 Å². The second kappa shape index (κ2) is 54.7. The van der Waals surface area contributed by atoms with Crippen LogP contribution in [0.2, 0.25) is 0 Å². The first-order valence-corrected chi connectivity index (χ1v) is 30.7. The molecule has 0 bridgehead atoms. The summed E-state index contributed by atoms with van der Waals surface area (Å²) in [6.45, 7) is 11.4. The number of unbranched alkanes of at least 4 members (excludes halogenated alkanes) is 41. The van der Waals surface area contributed by atoms with Gasteiger partial charge in [0.25, 0.3) is 0 Å². The highest BCUT2D eigenvalue weighted by atomic mass is 16.6. The molecular weight excluding hydrogens is 841 g/mol. The first kappa shape index (κ1) is 66.4. The molecule has 6 nitrogen and oxygen atoms in total. The Labute approximate surface area is 425 Å². The van der Waals surface area contributed by atoms with Crippen molar-refractivity contribution < 1.29 is 28.6 Å². The van der Waals surface area contributed by atoms with E-state index in [1.807, 2.05) is 0 Å². The van der Waals surface area contributed by atoms with Crippen molar-refractivity contribution in [1.82, 2.24) is 0 Å². The van der Waals surface area contributed by atoms with E-state index >= 15 is 0 Å². The molecule has 0 heterocycles. The third kappa shape index (κ3) is 55.3. The fraction of sp³-hybridized carbons (Fsp3) is 0.952. The lowest BCUT2D eigenvalue weighted by Gasteiger charge is -2.18. The van der Waals surface area contributed by atoms with E-state index in [-0.39, 0.29) is 31.1 Å². The van der Waals surface area contributed by atoms with E-state index in [1.165, 1.54) is 238 Å². The number of carbonyl (C=O) groups excluding carboxylic acids is 3. The summed E-state index contributed by atoms with van der Waals surface area (Å²) >= 11 is 0. The van der Waals surface area contributed by atoms with Crippen molar-refractivity contribution in [2.45, 2.75) is 355 Å². The van der Waals surface area contributed by atoms with Crippen LogP contribution >= 0.6 is 0 Å². The first-order chi connectivity index (χ1) is 33.2. The highest BCUT2D eigenvalue weighted by Crippen LogP contribution is 2.19. The Morgan fingerprint density at radius 2 is 0.485 bits per heavy atom. The van der Waals surface area contributed by atoms with Crippen molar-refractivity contribution in [1.29, 1.82) is 0 Å². The maximum Gasteiger partial charge on any atom is 0.306 e. The van der Waals surface area contributed by atoms with Gasteiger partial charge in [-0.2, -0.15) is 0 Å². The largest absolute Gasteiger partial charge is 0.462 e. The monoisotopic (exact) mass is 961 g/mol. The Morgan fingerprint density at radius 3 is 0.721 bits per heavy atom. The molecule has 0 aliphatic heterocycles. The molecular formula is C62H120O6. The first-order valence-electron chi connectivity index (χ1n) is 30.7. The summed E-state index contributed by atoms with van der Waals surface area (Å²) in [5, 5.41) is 0. The average Bonchev–Trinajstić information content (AvgIpc) is 3.31. The summed E-state index contributed by atoms with van der Waals surface area (Å²) in [5.41, 5.74) is 0. The van der Waals surface area contributed by atoms with Crippen LogP contribution in [0.15, 0.2) is 0 Å². The van der Waals surface area contributed by atoms with Crippen molar-refractivity contribution in [2.75, 3.05) is 13.2 Å². The van der Waals surface area contributed by atoms with E-state index in [1.54, 1.807) is 0 Å². The van der Waals surface area contributed by atoms with Gasteiger partial charge >= 0.3 is 17.9 Å². The van der Waals surface area contributed by atoms with Crippen LogP contribution in [0, 0.1) is 11.8 Å². The van der Waals surface area contributed by atoms with Gasteiger partial charge in [0.05, 0.1) is 0 Å². The molecule has 6 heteroatoms. The Balaban J connectivity index is 4.29. The highest BCUT2D eigenvalue weighted by Gasteiger charge is 2.19. The predicted octanol–water partition coefficient (Wildman–Crippen LogP) is 20.4. The lowest BCUT2D eigenvalue weighted by atomic mass is 10.0. The lowest BCUT2D eigenvalue weighted by molar-refractivity contribution is -0.167. The number of esters is 3. The van der Waals surface area contributed by atoms with Gasteiger partial charge in [-0.05, 0) is 31.1 Å². The van der Waals surface area contributed by atoms with Gasteiger partial charge in [0.1, 0.15) is 13.2 Å². The quantitative estimate of drug-likeness (QED) is 0.0343. The molecule has 0 saturated carbocycles. The molecule has 0 spiro atoms. The van der Waals surface area contributed by atoms with Gasteiger partial charge < -0.3 is 14.2 Å². The minimum absolute atomic E-state index is 0.0622. The van der Waals surface area contributed by atoms with Crippen LogP contribution in [0.5, 0.6) is 0 Å². The molecule has 0 aliphatic carbocycles. The van der Waals surface area contributed by atoms with E-state index in [0.717, 1.165) is 69.6 Å². The molecule has 0 aromatic rings. The molecule has 0 amide bonds. The van der Waals surface area contributed by atoms with E-state index in [2.05, 4.69) is 34.6 Å². The summed E-state index contributed by atoms with van der Waals surface area (Å²) < 4.78 is 16.9. The highest BCUT2D eigenvalue weighted by molar-refractivity contribution is 5.71. The SMILES string of the molecule is CCCCCCCCCCCCCCCCCCCCC(=O)OC[C@H](COC(=O)CCCCCCCCCCCCCCCC(C)C)OC(=O)CCCCCCCCCCCCCCCC(C)C. The molecule has 0 aromatic heterocycles. The second-order valence-electron chi connectivity index (χ2n) is 22.3. The minimum Gasteiger partial charge on any atom is -0.462 e. The summed E-state index contributed by atoms with van der Waals surface area (Å²) in [4.78, 5) is 38.2. The summed E-state index contributed by atoms with van der Waals surface area (Å²) in [6.07, 6.45) is 59.5. The molecule has 0 saturated heterocycles. The third-order valence-corrected chi connectivity index (χ3v) is 14.2. The van der Waals surface area contributed by atoms with Crippen LogP contribution in [0.4, 0.5) is 0 Å². The topological polar surface area (TPSA) is 78.9 Å². The van der Waals surface area contributed by atoms with Crippen molar-refractivity contribution in [3.8, 4) is 0 Å². The smallest absolute Gasteiger partial charge is 0.306 e. The normalized spacial score (nSPS) is 12.0. The average molecular weight is 962 g/mol. The summed E-state index contributed by atoms with van der Waals surface area (Å²) in [7, 11) is 0. The van der Waals surface area contributed by atoms with E-state index < -0.39 is 6.10 Å². The standard InChI is InChI=1S/C62H120O6/c1-6-7-8-9-10-11-12-13-14-15-16-17-22-27-32-37-42-47-52-60(63)66-55-59(68-62(65)54-49-44-39-34-29-24-19-21-26-31-36-41-46-51-58(4)5)56-67-61(64)53-48-43-38-33-28-23-18-20-25-30-35-40-45-50-57(2)3/h57-59H,6-56H2,1-5H3/t59-/m1/s1.